The van der Waals surface area contributed by atoms with E-state index in [1.165, 1.54) is 6.42 Å². The van der Waals surface area contributed by atoms with E-state index in [1.807, 2.05) is 113 Å². The molecule has 6 heteroatoms. The van der Waals surface area contributed by atoms with Crippen molar-refractivity contribution in [2.75, 3.05) is 29.4 Å². The number of likely N-dealkylation sites (tertiary alicyclic amines) is 1. The van der Waals surface area contributed by atoms with E-state index in [1.54, 1.807) is 0 Å². The molecule has 4 aliphatic rings. The Kier molecular flexibility index (Phi) is 7.48. The summed E-state index contributed by atoms with van der Waals surface area (Å²) in [6, 6.07) is 44.3. The van der Waals surface area contributed by atoms with Crippen molar-refractivity contribution in [2.24, 2.45) is 0 Å². The minimum Gasteiger partial charge on any atom is -0.387 e. The fourth-order valence-corrected chi connectivity index (χ4v) is 9.77. The van der Waals surface area contributed by atoms with Crippen LogP contribution in [0.3, 0.4) is 0 Å². The molecular weight excluding hydrogens is 619 g/mol. The van der Waals surface area contributed by atoms with Crippen LogP contribution in [0.2, 0.25) is 0 Å². The molecule has 1 aliphatic carbocycles. The van der Waals surface area contributed by atoms with Gasteiger partial charge in [-0.2, -0.15) is 0 Å². The Hall–Kier alpha value is -5.04. The zero-order chi connectivity index (χ0) is 33.9. The average molecular weight is 660 g/mol. The van der Waals surface area contributed by atoms with Gasteiger partial charge in [0.25, 0.3) is 0 Å². The third kappa shape index (κ3) is 4.41. The van der Waals surface area contributed by atoms with E-state index in [0.29, 0.717) is 19.6 Å². The molecule has 1 fully saturated rings. The maximum Gasteiger partial charge on any atom is 0.241 e. The standard InChI is InChI=1S/C44H41N3O3/c48-40-34-21-9-8-20-33(34)39(44(40)36-23-11-13-25-38(36)47(42(44)50)29-32-18-6-2-7-19-32)43(30-45-26-14-3-15-27-45)35-22-10-12-24-37(35)46(41(43)49)28-31-16-4-1-5-17-31/h1-2,4-13,16-25,39-40,48H,3,14-15,26-30H2/t39-,40-,43-,44-/m1/s1. The molecule has 50 heavy (non-hydrogen) atoms. The first-order valence-corrected chi connectivity index (χ1v) is 17.9. The molecule has 0 unspecified atom stereocenters. The molecule has 3 aliphatic heterocycles. The molecule has 0 bridgehead atoms. The molecule has 1 saturated heterocycles. The number of carbonyl (C=O) groups is 2. The molecular formula is C44H41N3O3. The second-order valence-corrected chi connectivity index (χ2v) is 14.4. The number of piperidine rings is 1. The smallest absolute Gasteiger partial charge is 0.241 e. The van der Waals surface area contributed by atoms with Crippen molar-refractivity contribution in [1.82, 2.24) is 4.90 Å². The highest BCUT2D eigenvalue weighted by Gasteiger charge is 2.73. The monoisotopic (exact) mass is 659 g/mol. The first-order chi connectivity index (χ1) is 24.5. The van der Waals surface area contributed by atoms with Crippen molar-refractivity contribution in [3.63, 3.8) is 0 Å². The largest absolute Gasteiger partial charge is 0.387 e. The predicted octanol–water partition coefficient (Wildman–Crippen LogP) is 7.27. The fraction of sp³-hybridized carbons (Fsp3) is 0.273. The number of benzene rings is 5. The highest BCUT2D eigenvalue weighted by atomic mass is 16.3. The van der Waals surface area contributed by atoms with Crippen LogP contribution >= 0.6 is 0 Å². The maximum atomic E-state index is 15.9. The van der Waals surface area contributed by atoms with Gasteiger partial charge in [0, 0.05) is 23.8 Å². The lowest BCUT2D eigenvalue weighted by Crippen LogP contribution is -2.59. The molecule has 3 heterocycles. The first-order valence-electron chi connectivity index (χ1n) is 17.9. The molecule has 4 atom stereocenters. The summed E-state index contributed by atoms with van der Waals surface area (Å²) < 4.78 is 0. The zero-order valence-electron chi connectivity index (χ0n) is 28.1. The molecule has 9 rings (SSSR count). The van der Waals surface area contributed by atoms with Crippen LogP contribution in [-0.4, -0.2) is 41.5 Å². The van der Waals surface area contributed by atoms with Crippen LogP contribution in [0, 0.1) is 0 Å². The van der Waals surface area contributed by atoms with E-state index in [-0.39, 0.29) is 11.8 Å². The maximum absolute atomic E-state index is 15.9. The topological polar surface area (TPSA) is 64.1 Å². The Morgan fingerprint density at radius 1 is 0.560 bits per heavy atom. The van der Waals surface area contributed by atoms with Gasteiger partial charge in [-0.1, -0.05) is 128 Å². The van der Waals surface area contributed by atoms with E-state index < -0.39 is 22.9 Å². The lowest BCUT2D eigenvalue weighted by Gasteiger charge is -2.46. The number of para-hydroxylation sites is 2. The molecule has 250 valence electrons. The van der Waals surface area contributed by atoms with Crippen molar-refractivity contribution in [1.29, 1.82) is 0 Å². The van der Waals surface area contributed by atoms with Crippen molar-refractivity contribution < 1.29 is 14.7 Å². The fourth-order valence-electron chi connectivity index (χ4n) is 9.77. The molecule has 2 amide bonds. The van der Waals surface area contributed by atoms with Gasteiger partial charge in [0.1, 0.15) is 5.41 Å². The number of amides is 2. The van der Waals surface area contributed by atoms with Gasteiger partial charge < -0.3 is 19.8 Å². The SMILES string of the molecule is O=C1N(Cc2ccccc2)c2ccccc2[C@@]12[C@H](O)c1ccccc1[C@@H]2[C@]1(CN2CCCCC2)C(=O)N(Cc2ccccc2)c2ccccc21. The van der Waals surface area contributed by atoms with Gasteiger partial charge in [0.05, 0.1) is 24.6 Å². The summed E-state index contributed by atoms with van der Waals surface area (Å²) in [6.07, 6.45) is 2.17. The summed E-state index contributed by atoms with van der Waals surface area (Å²) in [4.78, 5) is 37.8. The normalized spacial score (nSPS) is 25.6. The third-order valence-corrected chi connectivity index (χ3v) is 11.8. The number of hydrogen-bond acceptors (Lipinski definition) is 4. The van der Waals surface area contributed by atoms with Gasteiger partial charge in [-0.3, -0.25) is 9.59 Å². The summed E-state index contributed by atoms with van der Waals surface area (Å²) in [5.41, 5.74) is 4.50. The molecule has 1 N–H and O–H groups in total. The molecule has 0 radical (unpaired) electrons. The summed E-state index contributed by atoms with van der Waals surface area (Å²) >= 11 is 0. The number of hydrogen-bond donors (Lipinski definition) is 1. The van der Waals surface area contributed by atoms with E-state index >= 15 is 9.59 Å². The third-order valence-electron chi connectivity index (χ3n) is 11.8. The van der Waals surface area contributed by atoms with Gasteiger partial charge in [0.2, 0.25) is 11.8 Å². The van der Waals surface area contributed by atoms with E-state index in [9.17, 15) is 5.11 Å². The van der Waals surface area contributed by atoms with Gasteiger partial charge in [-0.05, 0) is 71.4 Å². The van der Waals surface area contributed by atoms with Crippen molar-refractivity contribution in [2.45, 2.75) is 55.2 Å². The lowest BCUT2D eigenvalue weighted by molar-refractivity contribution is -0.133. The van der Waals surface area contributed by atoms with Gasteiger partial charge in [0.15, 0.2) is 0 Å². The second-order valence-electron chi connectivity index (χ2n) is 14.4. The quantitative estimate of drug-likeness (QED) is 0.200. The number of carbonyl (C=O) groups excluding carboxylic acids is 2. The van der Waals surface area contributed by atoms with Gasteiger partial charge in [-0.25, -0.2) is 0 Å². The minimum absolute atomic E-state index is 0.00630. The minimum atomic E-state index is -1.42. The molecule has 0 saturated carbocycles. The van der Waals surface area contributed by atoms with E-state index in [4.69, 9.17) is 0 Å². The summed E-state index contributed by atoms with van der Waals surface area (Å²) in [5.74, 6) is -0.818. The average Bonchev–Trinajstić information content (AvgIpc) is 3.67. The van der Waals surface area contributed by atoms with Crippen LogP contribution in [0.25, 0.3) is 0 Å². The second kappa shape index (κ2) is 12.1. The number of aliphatic hydroxyl groups is 1. The van der Waals surface area contributed by atoms with Crippen LogP contribution in [0.5, 0.6) is 0 Å². The van der Waals surface area contributed by atoms with E-state index in [0.717, 1.165) is 70.7 Å². The summed E-state index contributed by atoms with van der Waals surface area (Å²) in [7, 11) is 0. The van der Waals surface area contributed by atoms with Gasteiger partial charge in [-0.15, -0.1) is 0 Å². The van der Waals surface area contributed by atoms with Crippen molar-refractivity contribution in [3.05, 3.63) is 167 Å². The molecule has 1 spiro atoms. The molecule has 5 aromatic carbocycles. The molecule has 0 aromatic heterocycles. The number of fused-ring (bicyclic) bond motifs is 4. The highest BCUT2D eigenvalue weighted by Crippen LogP contribution is 2.68. The van der Waals surface area contributed by atoms with Crippen LogP contribution in [0.1, 0.15) is 64.7 Å². The Bertz CT molecular complexity index is 2080. The van der Waals surface area contributed by atoms with Crippen LogP contribution in [0.4, 0.5) is 11.4 Å². The van der Waals surface area contributed by atoms with Crippen molar-refractivity contribution >= 4 is 23.2 Å². The van der Waals surface area contributed by atoms with Crippen LogP contribution in [0.15, 0.2) is 133 Å². The zero-order valence-corrected chi connectivity index (χ0v) is 28.1. The van der Waals surface area contributed by atoms with Crippen LogP contribution in [-0.2, 0) is 33.5 Å². The number of rotatable bonds is 7. The Morgan fingerprint density at radius 3 is 1.70 bits per heavy atom. The number of anilines is 2. The Morgan fingerprint density at radius 2 is 1.06 bits per heavy atom. The predicted molar refractivity (Wildman–Crippen MR) is 196 cm³/mol. The first kappa shape index (κ1) is 31.0. The highest BCUT2D eigenvalue weighted by molar-refractivity contribution is 6.14. The Balaban J connectivity index is 1.31. The lowest BCUT2D eigenvalue weighted by atomic mass is 9.56. The Labute approximate surface area is 293 Å². The number of aliphatic hydroxyl groups excluding tert-OH is 1. The summed E-state index contributed by atoms with van der Waals surface area (Å²) in [6.45, 7) is 3.05. The van der Waals surface area contributed by atoms with Gasteiger partial charge >= 0.3 is 0 Å². The number of nitrogens with zero attached hydrogens (tertiary/aromatic N) is 3. The molecule has 6 nitrogen and oxygen atoms in total. The van der Waals surface area contributed by atoms with Crippen LogP contribution < -0.4 is 9.80 Å². The van der Waals surface area contributed by atoms with E-state index in [2.05, 4.69) is 35.2 Å². The van der Waals surface area contributed by atoms with Crippen molar-refractivity contribution in [3.8, 4) is 0 Å². The molecule has 5 aromatic rings. The summed E-state index contributed by atoms with van der Waals surface area (Å²) in [5, 5.41) is 12.8.